The van der Waals surface area contributed by atoms with Gasteiger partial charge in [0.15, 0.2) is 9.84 Å². The Morgan fingerprint density at radius 2 is 1.95 bits per heavy atom. The predicted molar refractivity (Wildman–Crippen MR) is 83.5 cm³/mol. The van der Waals surface area contributed by atoms with Crippen molar-refractivity contribution < 1.29 is 13.2 Å². The summed E-state index contributed by atoms with van der Waals surface area (Å²) in [7, 11) is -3.16. The Bertz CT molecular complexity index is 573. The fraction of sp³-hybridized carbons (Fsp3) is 0.571. The number of nitrogens with two attached hydrogens (primary N) is 1. The Kier molecular flexibility index (Phi) is 4.59. The number of halogens is 1. The van der Waals surface area contributed by atoms with E-state index in [-0.39, 0.29) is 5.92 Å². The van der Waals surface area contributed by atoms with E-state index in [4.69, 9.17) is 10.5 Å². The zero-order valence-electron chi connectivity index (χ0n) is 11.7. The van der Waals surface area contributed by atoms with Crippen molar-refractivity contribution in [2.75, 3.05) is 26.0 Å². The van der Waals surface area contributed by atoms with Crippen molar-refractivity contribution in [3.05, 3.63) is 34.3 Å². The lowest BCUT2D eigenvalue weighted by molar-refractivity contribution is 0.101. The molecular formula is C14H20BrNO3S. The Balaban J connectivity index is 2.36. The van der Waals surface area contributed by atoms with Gasteiger partial charge in [-0.25, -0.2) is 8.42 Å². The molecule has 1 aromatic rings. The lowest BCUT2D eigenvalue weighted by atomic mass is 10.00. The number of rotatable bonds is 6. The molecule has 4 nitrogen and oxygen atoms in total. The van der Waals surface area contributed by atoms with E-state index >= 15 is 0 Å². The monoisotopic (exact) mass is 361 g/mol. The van der Waals surface area contributed by atoms with Gasteiger partial charge < -0.3 is 10.5 Å². The molecule has 20 heavy (non-hydrogen) atoms. The molecule has 1 saturated carbocycles. The second kappa shape index (κ2) is 5.75. The van der Waals surface area contributed by atoms with Gasteiger partial charge >= 0.3 is 0 Å². The highest BCUT2D eigenvalue weighted by Crippen LogP contribution is 2.62. The molecule has 1 aromatic carbocycles. The molecule has 0 spiro atoms. The van der Waals surface area contributed by atoms with Gasteiger partial charge in [0.1, 0.15) is 0 Å². The minimum absolute atomic E-state index is 0.0813. The first-order chi connectivity index (χ1) is 9.36. The zero-order chi connectivity index (χ0) is 15.0. The molecule has 0 amide bonds. The third-order valence-corrected chi connectivity index (χ3v) is 6.22. The average molecular weight is 362 g/mol. The molecule has 1 aliphatic rings. The SMILES string of the molecule is CCOC[C@@]1(CN)[C@H](S(C)(=O)=O)[C@@H]1c1ccc(Br)cc1. The third kappa shape index (κ3) is 2.79. The molecular weight excluding hydrogens is 342 g/mol. The smallest absolute Gasteiger partial charge is 0.151 e. The van der Waals surface area contributed by atoms with E-state index in [2.05, 4.69) is 15.9 Å². The van der Waals surface area contributed by atoms with Crippen LogP contribution in [-0.4, -0.2) is 39.7 Å². The average Bonchev–Trinajstić information content (AvgIpc) is 3.07. The van der Waals surface area contributed by atoms with Crippen molar-refractivity contribution in [3.63, 3.8) is 0 Å². The normalized spacial score (nSPS) is 29.4. The van der Waals surface area contributed by atoms with Gasteiger partial charge in [0.25, 0.3) is 0 Å². The molecule has 3 atom stereocenters. The van der Waals surface area contributed by atoms with E-state index < -0.39 is 20.5 Å². The maximum Gasteiger partial charge on any atom is 0.151 e. The van der Waals surface area contributed by atoms with Gasteiger partial charge in [-0.1, -0.05) is 28.1 Å². The largest absolute Gasteiger partial charge is 0.381 e. The third-order valence-electron chi connectivity index (χ3n) is 4.02. The Labute approximate surface area is 128 Å². The highest BCUT2D eigenvalue weighted by Gasteiger charge is 2.69. The first-order valence-electron chi connectivity index (χ1n) is 6.59. The van der Waals surface area contributed by atoms with Crippen molar-refractivity contribution >= 4 is 25.8 Å². The van der Waals surface area contributed by atoms with Crippen molar-refractivity contribution in [3.8, 4) is 0 Å². The number of sulfone groups is 1. The van der Waals surface area contributed by atoms with E-state index in [0.29, 0.717) is 19.8 Å². The van der Waals surface area contributed by atoms with Crippen LogP contribution in [0.15, 0.2) is 28.7 Å². The summed E-state index contributed by atoms with van der Waals surface area (Å²) in [5, 5.41) is -0.451. The van der Waals surface area contributed by atoms with Crippen LogP contribution in [0.5, 0.6) is 0 Å². The quantitative estimate of drug-likeness (QED) is 0.840. The highest BCUT2D eigenvalue weighted by molar-refractivity contribution is 9.10. The van der Waals surface area contributed by atoms with E-state index in [9.17, 15) is 8.42 Å². The van der Waals surface area contributed by atoms with Crippen molar-refractivity contribution in [2.45, 2.75) is 18.1 Å². The molecule has 0 aliphatic heterocycles. The molecule has 0 heterocycles. The molecule has 0 aromatic heterocycles. The maximum absolute atomic E-state index is 12.1. The van der Waals surface area contributed by atoms with Gasteiger partial charge in [0, 0.05) is 35.2 Å². The van der Waals surface area contributed by atoms with E-state index in [1.165, 1.54) is 6.26 Å². The van der Waals surface area contributed by atoms with Crippen LogP contribution in [0.3, 0.4) is 0 Å². The summed E-state index contributed by atoms with van der Waals surface area (Å²) in [5.41, 5.74) is 6.42. The summed E-state index contributed by atoms with van der Waals surface area (Å²) in [6.45, 7) is 3.16. The van der Waals surface area contributed by atoms with Gasteiger partial charge in [-0.2, -0.15) is 0 Å². The first kappa shape index (κ1) is 15.9. The summed E-state index contributed by atoms with van der Waals surface area (Å²) in [4.78, 5) is 0. The molecule has 0 saturated heterocycles. The predicted octanol–water partition coefficient (Wildman–Crippen LogP) is 1.94. The number of hydrogen-bond acceptors (Lipinski definition) is 4. The molecule has 1 fully saturated rings. The van der Waals surface area contributed by atoms with Crippen LogP contribution in [-0.2, 0) is 14.6 Å². The molecule has 2 rings (SSSR count). The highest BCUT2D eigenvalue weighted by atomic mass is 79.9. The summed E-state index contributed by atoms with van der Waals surface area (Å²) < 4.78 is 30.6. The van der Waals surface area contributed by atoms with Crippen LogP contribution in [0.25, 0.3) is 0 Å². The lowest BCUT2D eigenvalue weighted by Gasteiger charge is -2.15. The summed E-state index contributed by atoms with van der Waals surface area (Å²) in [6.07, 6.45) is 1.28. The molecule has 2 N–H and O–H groups in total. The van der Waals surface area contributed by atoms with E-state index in [0.717, 1.165) is 10.0 Å². The van der Waals surface area contributed by atoms with Gasteiger partial charge in [-0.15, -0.1) is 0 Å². The second-order valence-electron chi connectivity index (χ2n) is 5.35. The minimum Gasteiger partial charge on any atom is -0.381 e. The van der Waals surface area contributed by atoms with Crippen LogP contribution in [0, 0.1) is 5.41 Å². The van der Waals surface area contributed by atoms with Gasteiger partial charge in [-0.05, 0) is 24.6 Å². The topological polar surface area (TPSA) is 69.4 Å². The van der Waals surface area contributed by atoms with E-state index in [1.54, 1.807) is 0 Å². The second-order valence-corrected chi connectivity index (χ2v) is 8.44. The Morgan fingerprint density at radius 1 is 1.35 bits per heavy atom. The molecule has 112 valence electrons. The molecule has 0 unspecified atom stereocenters. The fourth-order valence-electron chi connectivity index (χ4n) is 3.07. The van der Waals surface area contributed by atoms with Crippen molar-refractivity contribution in [2.24, 2.45) is 11.1 Å². The van der Waals surface area contributed by atoms with Gasteiger partial charge in [0.2, 0.25) is 0 Å². The lowest BCUT2D eigenvalue weighted by Crippen LogP contribution is -2.28. The van der Waals surface area contributed by atoms with Gasteiger partial charge in [-0.3, -0.25) is 0 Å². The standard InChI is InChI=1S/C14H20BrNO3S/c1-3-19-9-14(8-16)12(13(14)20(2,17)18)10-4-6-11(15)7-5-10/h4-7,12-13H,3,8-9,16H2,1-2H3/t12-,13+,14+/m0/s1. The fourth-order valence-corrected chi connectivity index (χ4v) is 5.34. The molecule has 6 heteroatoms. The van der Waals surface area contributed by atoms with E-state index in [1.807, 2.05) is 31.2 Å². The maximum atomic E-state index is 12.1. The zero-order valence-corrected chi connectivity index (χ0v) is 14.1. The molecule has 0 radical (unpaired) electrons. The van der Waals surface area contributed by atoms with Crippen molar-refractivity contribution in [1.29, 1.82) is 0 Å². The summed E-state index contributed by atoms with van der Waals surface area (Å²) in [6, 6.07) is 7.76. The van der Waals surface area contributed by atoms with Crippen LogP contribution < -0.4 is 5.73 Å². The van der Waals surface area contributed by atoms with Gasteiger partial charge in [0.05, 0.1) is 11.9 Å². The van der Waals surface area contributed by atoms with Crippen molar-refractivity contribution in [1.82, 2.24) is 0 Å². The molecule has 1 aliphatic carbocycles. The molecule has 0 bridgehead atoms. The minimum atomic E-state index is -3.16. The number of ether oxygens (including phenoxy) is 1. The van der Waals surface area contributed by atoms with Crippen LogP contribution in [0.4, 0.5) is 0 Å². The summed E-state index contributed by atoms with van der Waals surface area (Å²) in [5.74, 6) is -0.0813. The summed E-state index contributed by atoms with van der Waals surface area (Å²) >= 11 is 3.39. The number of benzene rings is 1. The number of hydrogen-bond donors (Lipinski definition) is 1. The first-order valence-corrected chi connectivity index (χ1v) is 9.33. The van der Waals surface area contributed by atoms with Crippen LogP contribution >= 0.6 is 15.9 Å². The van der Waals surface area contributed by atoms with Crippen LogP contribution in [0.1, 0.15) is 18.4 Å². The Morgan fingerprint density at radius 3 is 2.40 bits per heavy atom. The Hall–Kier alpha value is -0.430. The van der Waals surface area contributed by atoms with Crippen LogP contribution in [0.2, 0.25) is 0 Å².